The lowest BCUT2D eigenvalue weighted by molar-refractivity contribution is 0.467. The van der Waals surface area contributed by atoms with Crippen molar-refractivity contribution in [2.45, 2.75) is 90.6 Å². The lowest BCUT2D eigenvalue weighted by Crippen LogP contribution is -2.57. The van der Waals surface area contributed by atoms with Gasteiger partial charge < -0.3 is 11.1 Å². The number of unbranched alkanes of at least 4 members (excludes halogenated alkanes) is 9. The first-order chi connectivity index (χ1) is 10.5. The van der Waals surface area contributed by atoms with Gasteiger partial charge in [-0.3, -0.25) is 10.3 Å². The molecule has 0 amide bonds. The maximum absolute atomic E-state index is 5.75. The number of guanidine groups is 2. The number of nitrogens with zero attached hydrogens (tertiary/aromatic N) is 2. The molecule has 0 atom stereocenters. The third-order valence-electron chi connectivity index (χ3n) is 3.85. The van der Waals surface area contributed by atoms with Gasteiger partial charge in [0.2, 0.25) is 0 Å². The average molecular weight is 310 g/mol. The Kier molecular flexibility index (Phi) is 8.94. The van der Waals surface area contributed by atoms with Crippen LogP contribution in [0.5, 0.6) is 0 Å². The van der Waals surface area contributed by atoms with Gasteiger partial charge in [0.25, 0.3) is 0 Å². The molecule has 4 N–H and O–H groups in total. The van der Waals surface area contributed by atoms with Crippen molar-refractivity contribution in [2.75, 3.05) is 6.54 Å². The van der Waals surface area contributed by atoms with E-state index in [1.54, 1.807) is 0 Å². The highest BCUT2D eigenvalue weighted by molar-refractivity contribution is 6.00. The highest BCUT2D eigenvalue weighted by atomic mass is 15.4. The van der Waals surface area contributed by atoms with E-state index in [2.05, 4.69) is 27.5 Å². The molecule has 1 aliphatic rings. The second kappa shape index (κ2) is 10.5. The van der Waals surface area contributed by atoms with Crippen LogP contribution in [0.1, 0.15) is 85.0 Å². The van der Waals surface area contributed by atoms with E-state index < -0.39 is 0 Å². The molecular formula is C17H35N5. The Morgan fingerprint density at radius 3 is 2.05 bits per heavy atom. The maximum Gasteiger partial charge on any atom is 0.199 e. The van der Waals surface area contributed by atoms with Crippen molar-refractivity contribution in [1.82, 2.24) is 10.6 Å². The summed E-state index contributed by atoms with van der Waals surface area (Å²) < 4.78 is 0. The fourth-order valence-corrected chi connectivity index (χ4v) is 2.67. The van der Waals surface area contributed by atoms with Gasteiger partial charge in [0.1, 0.15) is 5.66 Å². The van der Waals surface area contributed by atoms with Crippen molar-refractivity contribution in [3.8, 4) is 0 Å². The molecule has 1 heterocycles. The zero-order valence-electron chi connectivity index (χ0n) is 14.7. The van der Waals surface area contributed by atoms with E-state index in [-0.39, 0.29) is 5.66 Å². The molecule has 0 aromatic heterocycles. The summed E-state index contributed by atoms with van der Waals surface area (Å²) in [5.74, 6) is 1.18. The first-order valence-corrected chi connectivity index (χ1v) is 8.98. The smallest absolute Gasteiger partial charge is 0.199 e. The van der Waals surface area contributed by atoms with Crippen LogP contribution in [-0.4, -0.2) is 24.1 Å². The minimum Gasteiger partial charge on any atom is -0.370 e. The van der Waals surface area contributed by atoms with Crippen LogP contribution >= 0.6 is 0 Å². The topological polar surface area (TPSA) is 74.8 Å². The van der Waals surface area contributed by atoms with Gasteiger partial charge in [-0.15, -0.1) is 0 Å². The highest BCUT2D eigenvalue weighted by Crippen LogP contribution is 2.10. The van der Waals surface area contributed by atoms with E-state index in [0.29, 0.717) is 5.96 Å². The lowest BCUT2D eigenvalue weighted by Gasteiger charge is -2.29. The van der Waals surface area contributed by atoms with E-state index >= 15 is 0 Å². The first-order valence-electron chi connectivity index (χ1n) is 8.98. The van der Waals surface area contributed by atoms with Gasteiger partial charge in [0.15, 0.2) is 11.9 Å². The average Bonchev–Trinajstić information content (AvgIpc) is 2.42. The first kappa shape index (κ1) is 18.8. The fraction of sp³-hybridized carbons (Fsp3) is 0.882. The molecule has 0 aromatic carbocycles. The molecule has 0 aliphatic carbocycles. The van der Waals surface area contributed by atoms with Gasteiger partial charge in [0, 0.05) is 6.54 Å². The Morgan fingerprint density at radius 2 is 1.50 bits per heavy atom. The van der Waals surface area contributed by atoms with E-state index in [1.165, 1.54) is 57.8 Å². The zero-order chi connectivity index (χ0) is 16.3. The van der Waals surface area contributed by atoms with Crippen LogP contribution in [0.15, 0.2) is 9.98 Å². The fourth-order valence-electron chi connectivity index (χ4n) is 2.67. The predicted octanol–water partition coefficient (Wildman–Crippen LogP) is 3.51. The molecule has 1 aliphatic heterocycles. The predicted molar refractivity (Wildman–Crippen MR) is 96.1 cm³/mol. The number of hydrogen-bond donors (Lipinski definition) is 3. The summed E-state index contributed by atoms with van der Waals surface area (Å²) in [6.45, 7) is 7.08. The number of aliphatic imine (C=N–C) groups is 2. The lowest BCUT2D eigenvalue weighted by atomic mass is 10.1. The Labute approximate surface area is 136 Å². The summed E-state index contributed by atoms with van der Waals surface area (Å²) in [6, 6.07) is 0. The molecule has 5 nitrogen and oxygen atoms in total. The number of nitrogens with two attached hydrogens (primary N) is 1. The molecule has 128 valence electrons. The molecule has 0 saturated carbocycles. The van der Waals surface area contributed by atoms with Crippen molar-refractivity contribution in [2.24, 2.45) is 15.7 Å². The highest BCUT2D eigenvalue weighted by Gasteiger charge is 2.23. The minimum absolute atomic E-state index is 0.369. The maximum atomic E-state index is 5.75. The normalized spacial score (nSPS) is 18.7. The van der Waals surface area contributed by atoms with Gasteiger partial charge in [-0.05, 0) is 20.3 Å². The van der Waals surface area contributed by atoms with Gasteiger partial charge >= 0.3 is 0 Å². The van der Waals surface area contributed by atoms with Crippen molar-refractivity contribution < 1.29 is 0 Å². The summed E-state index contributed by atoms with van der Waals surface area (Å²) in [7, 11) is 0. The Hall–Kier alpha value is -1.26. The van der Waals surface area contributed by atoms with Crippen LogP contribution in [-0.2, 0) is 0 Å². The third-order valence-corrected chi connectivity index (χ3v) is 3.85. The summed E-state index contributed by atoms with van der Waals surface area (Å²) in [4.78, 5) is 8.79. The molecule has 0 fully saturated rings. The van der Waals surface area contributed by atoms with Crippen molar-refractivity contribution >= 4 is 11.9 Å². The molecule has 0 saturated heterocycles. The van der Waals surface area contributed by atoms with Crippen molar-refractivity contribution in [3.63, 3.8) is 0 Å². The monoisotopic (exact) mass is 309 g/mol. The van der Waals surface area contributed by atoms with Gasteiger partial charge in [-0.2, -0.15) is 0 Å². The molecule has 22 heavy (non-hydrogen) atoms. The molecule has 0 bridgehead atoms. The number of nitrogens with one attached hydrogen (secondary N) is 2. The Balaban J connectivity index is 1.99. The molecule has 0 unspecified atom stereocenters. The standard InChI is InChI=1S/C17H35N5/c1-4-5-6-7-8-9-10-11-12-13-14-19-16-20-15(18)21-17(2,3)22-16/h4-14H2,1-3H3,(H4,18,19,20,21,22). The molecule has 0 aromatic rings. The van der Waals surface area contributed by atoms with Crippen LogP contribution in [0.2, 0.25) is 0 Å². The van der Waals surface area contributed by atoms with Crippen LogP contribution in [0.4, 0.5) is 0 Å². The van der Waals surface area contributed by atoms with Crippen LogP contribution < -0.4 is 16.4 Å². The Morgan fingerprint density at radius 1 is 0.955 bits per heavy atom. The second-order valence-electron chi connectivity index (χ2n) is 6.72. The van der Waals surface area contributed by atoms with E-state index in [1.807, 2.05) is 13.8 Å². The molecular weight excluding hydrogens is 274 g/mol. The van der Waals surface area contributed by atoms with Crippen molar-refractivity contribution in [1.29, 1.82) is 0 Å². The van der Waals surface area contributed by atoms with Crippen LogP contribution in [0, 0.1) is 0 Å². The molecule has 0 spiro atoms. The largest absolute Gasteiger partial charge is 0.370 e. The SMILES string of the molecule is CCCCCCCCCCCCN=C1NC(N)=NC(C)(C)N1. The minimum atomic E-state index is -0.369. The van der Waals surface area contributed by atoms with Crippen LogP contribution in [0.25, 0.3) is 0 Å². The van der Waals surface area contributed by atoms with E-state index in [4.69, 9.17) is 5.73 Å². The zero-order valence-corrected chi connectivity index (χ0v) is 14.7. The molecule has 5 heteroatoms. The van der Waals surface area contributed by atoms with Gasteiger partial charge in [-0.1, -0.05) is 64.7 Å². The van der Waals surface area contributed by atoms with Gasteiger partial charge in [0.05, 0.1) is 0 Å². The third kappa shape index (κ3) is 8.90. The second-order valence-corrected chi connectivity index (χ2v) is 6.72. The van der Waals surface area contributed by atoms with Crippen molar-refractivity contribution in [3.05, 3.63) is 0 Å². The Bertz CT molecular complexity index is 360. The summed E-state index contributed by atoms with van der Waals surface area (Å²) in [6.07, 6.45) is 13.5. The summed E-state index contributed by atoms with van der Waals surface area (Å²) in [5.41, 5.74) is 5.38. The van der Waals surface area contributed by atoms with E-state index in [9.17, 15) is 0 Å². The number of rotatable bonds is 11. The summed E-state index contributed by atoms with van der Waals surface area (Å²) >= 11 is 0. The quantitative estimate of drug-likeness (QED) is 0.511. The van der Waals surface area contributed by atoms with Crippen LogP contribution in [0.3, 0.4) is 0 Å². The molecule has 0 radical (unpaired) electrons. The number of hydrogen-bond acceptors (Lipinski definition) is 3. The van der Waals surface area contributed by atoms with E-state index in [0.717, 1.165) is 18.9 Å². The molecule has 1 rings (SSSR count). The summed E-state index contributed by atoms with van der Waals surface area (Å²) in [5, 5.41) is 6.20. The van der Waals surface area contributed by atoms with Gasteiger partial charge in [-0.25, -0.2) is 4.99 Å².